The fourth-order valence-corrected chi connectivity index (χ4v) is 1.00. The lowest BCUT2D eigenvalue weighted by molar-refractivity contribution is 0.539. The lowest BCUT2D eigenvalue weighted by Crippen LogP contribution is -1.97. The second kappa shape index (κ2) is 6.59. The van der Waals surface area contributed by atoms with Gasteiger partial charge in [0.15, 0.2) is 0 Å². The number of nitrogens with two attached hydrogens (primary N) is 1. The minimum atomic E-state index is -2.36. The maximum absolute atomic E-state index is 8.78. The van der Waals surface area contributed by atoms with Crippen molar-refractivity contribution in [1.82, 2.24) is 0 Å². The zero-order valence-corrected chi connectivity index (χ0v) is 9.25. The Labute approximate surface area is 93.2 Å². The van der Waals surface area contributed by atoms with Crippen LogP contribution in [0.2, 0.25) is 15.1 Å². The monoisotopic (exact) mass is 260 g/mol. The molecule has 1 atom stereocenters. The maximum Gasteiger partial charge on any atom is 0.0778 e. The minimum Gasteiger partial charge on any atom is -0.760 e. The van der Waals surface area contributed by atoms with Gasteiger partial charge >= 0.3 is 0 Å². The van der Waals surface area contributed by atoms with Gasteiger partial charge in [0, 0.05) is 11.3 Å². The summed E-state index contributed by atoms with van der Waals surface area (Å²) in [4.78, 5) is 0. The summed E-state index contributed by atoms with van der Waals surface area (Å²) in [5.74, 6) is 0. The van der Waals surface area contributed by atoms with Crippen LogP contribution in [0.5, 0.6) is 0 Å². The third-order valence-corrected chi connectivity index (χ3v) is 2.14. The fourth-order valence-electron chi connectivity index (χ4n) is 0.477. The molecular weight excluding hydrogens is 256 g/mol. The van der Waals surface area contributed by atoms with Crippen molar-refractivity contribution in [3.63, 3.8) is 0 Å². The molecule has 1 rings (SSSR count). The first kappa shape index (κ1) is 13.2. The van der Waals surface area contributed by atoms with E-state index in [0.29, 0.717) is 15.1 Å². The number of benzene rings is 1. The van der Waals surface area contributed by atoms with E-state index in [1.54, 1.807) is 18.2 Å². The van der Waals surface area contributed by atoms with Crippen LogP contribution in [0.25, 0.3) is 0 Å². The van der Waals surface area contributed by atoms with E-state index in [0.717, 1.165) is 0 Å². The lowest BCUT2D eigenvalue weighted by Gasteiger charge is -1.94. The Bertz CT molecular complexity index is 284. The Morgan fingerprint density at radius 1 is 1.23 bits per heavy atom. The average Bonchev–Trinajstić information content (AvgIpc) is 1.99. The molecule has 0 fully saturated rings. The number of halogens is 3. The van der Waals surface area contributed by atoms with Gasteiger partial charge in [0.2, 0.25) is 0 Å². The standard InChI is InChI=1S/C6H3Cl3.H3NO2S/c7-4-2-1-3-5(8)6(4)9;1-4(2)3/h1-3H;1H2,(H,2,3)/p-1. The van der Waals surface area contributed by atoms with Crippen LogP contribution in [0.3, 0.4) is 0 Å². The van der Waals surface area contributed by atoms with Gasteiger partial charge in [-0.3, -0.25) is 9.35 Å². The largest absolute Gasteiger partial charge is 0.760 e. The molecular formula is C6H5Cl3NO2S-. The molecule has 0 bridgehead atoms. The predicted octanol–water partition coefficient (Wildman–Crippen LogP) is 2.39. The van der Waals surface area contributed by atoms with Gasteiger partial charge in [0.25, 0.3) is 0 Å². The van der Waals surface area contributed by atoms with E-state index in [1.807, 2.05) is 0 Å². The molecule has 1 unspecified atom stereocenters. The van der Waals surface area contributed by atoms with E-state index in [9.17, 15) is 0 Å². The molecule has 0 spiro atoms. The van der Waals surface area contributed by atoms with Crippen LogP contribution in [0.4, 0.5) is 0 Å². The summed E-state index contributed by atoms with van der Waals surface area (Å²) in [5, 5.41) is 5.43. The summed E-state index contributed by atoms with van der Waals surface area (Å²) in [6, 6.07) is 5.13. The molecule has 2 N–H and O–H groups in total. The van der Waals surface area contributed by atoms with Crippen molar-refractivity contribution in [3.8, 4) is 0 Å². The van der Waals surface area contributed by atoms with Crippen molar-refractivity contribution in [2.24, 2.45) is 5.14 Å². The Morgan fingerprint density at radius 3 is 1.77 bits per heavy atom. The smallest absolute Gasteiger partial charge is 0.0778 e. The Morgan fingerprint density at radius 2 is 1.54 bits per heavy atom. The van der Waals surface area contributed by atoms with E-state index >= 15 is 0 Å². The molecule has 13 heavy (non-hydrogen) atoms. The van der Waals surface area contributed by atoms with Crippen molar-refractivity contribution in [2.75, 3.05) is 0 Å². The van der Waals surface area contributed by atoms with Gasteiger partial charge in [-0.2, -0.15) is 0 Å². The van der Waals surface area contributed by atoms with E-state index in [4.69, 9.17) is 43.6 Å². The third kappa shape index (κ3) is 6.26. The molecule has 0 aliphatic carbocycles. The molecule has 0 amide bonds. The van der Waals surface area contributed by atoms with Gasteiger partial charge in [-0.1, -0.05) is 40.9 Å². The molecule has 74 valence electrons. The highest BCUT2D eigenvalue weighted by Crippen LogP contribution is 2.28. The van der Waals surface area contributed by atoms with Crippen molar-refractivity contribution >= 4 is 46.1 Å². The van der Waals surface area contributed by atoms with Crippen LogP contribution in [-0.4, -0.2) is 8.76 Å². The topological polar surface area (TPSA) is 66.2 Å². The summed E-state index contributed by atoms with van der Waals surface area (Å²) in [6.07, 6.45) is 0. The molecule has 0 saturated carbocycles. The molecule has 0 aliphatic heterocycles. The molecule has 1 aromatic carbocycles. The first-order valence-corrected chi connectivity index (χ1v) is 5.15. The van der Waals surface area contributed by atoms with Crippen LogP contribution in [0.1, 0.15) is 0 Å². The highest BCUT2D eigenvalue weighted by Gasteiger charge is 1.98. The van der Waals surface area contributed by atoms with Gasteiger partial charge in [0.1, 0.15) is 0 Å². The molecule has 0 aliphatic rings. The van der Waals surface area contributed by atoms with Gasteiger partial charge in [-0.15, -0.1) is 0 Å². The van der Waals surface area contributed by atoms with Crippen LogP contribution >= 0.6 is 34.8 Å². The van der Waals surface area contributed by atoms with Gasteiger partial charge < -0.3 is 4.55 Å². The zero-order chi connectivity index (χ0) is 10.4. The SMILES string of the molecule is Clc1cccc(Cl)c1Cl.NS(=O)[O-]. The van der Waals surface area contributed by atoms with Crippen LogP contribution in [0.15, 0.2) is 18.2 Å². The molecule has 1 aromatic rings. The van der Waals surface area contributed by atoms with Gasteiger partial charge in [-0.05, 0) is 12.1 Å². The normalized spacial score (nSPS) is 11.5. The quantitative estimate of drug-likeness (QED) is 0.575. The van der Waals surface area contributed by atoms with Crippen molar-refractivity contribution < 1.29 is 8.76 Å². The van der Waals surface area contributed by atoms with E-state index < -0.39 is 11.3 Å². The summed E-state index contributed by atoms with van der Waals surface area (Å²) in [7, 11) is 0. The van der Waals surface area contributed by atoms with Gasteiger partial charge in [0.05, 0.1) is 15.1 Å². The lowest BCUT2D eigenvalue weighted by atomic mass is 10.4. The van der Waals surface area contributed by atoms with Crippen molar-refractivity contribution in [3.05, 3.63) is 33.3 Å². The van der Waals surface area contributed by atoms with E-state index in [-0.39, 0.29) is 0 Å². The number of rotatable bonds is 0. The molecule has 3 nitrogen and oxygen atoms in total. The fraction of sp³-hybridized carbons (Fsp3) is 0. The number of hydrogen-bond acceptors (Lipinski definition) is 2. The summed E-state index contributed by atoms with van der Waals surface area (Å²) in [5.41, 5.74) is 0. The molecule has 7 heteroatoms. The Balaban J connectivity index is 0.000000310. The second-order valence-electron chi connectivity index (χ2n) is 1.80. The highest BCUT2D eigenvalue weighted by atomic mass is 35.5. The van der Waals surface area contributed by atoms with Crippen molar-refractivity contribution in [2.45, 2.75) is 0 Å². The van der Waals surface area contributed by atoms with E-state index in [2.05, 4.69) is 5.14 Å². The zero-order valence-electron chi connectivity index (χ0n) is 6.17. The van der Waals surface area contributed by atoms with Crippen LogP contribution < -0.4 is 5.14 Å². The summed E-state index contributed by atoms with van der Waals surface area (Å²) < 4.78 is 17.6. The molecule has 0 saturated heterocycles. The Hall–Kier alpha value is 0.160. The average molecular weight is 262 g/mol. The Kier molecular flexibility index (Phi) is 6.67. The second-order valence-corrected chi connectivity index (χ2v) is 3.51. The van der Waals surface area contributed by atoms with Crippen LogP contribution in [-0.2, 0) is 11.3 Å². The number of hydrogen-bond donors (Lipinski definition) is 1. The predicted molar refractivity (Wildman–Crippen MR) is 54.6 cm³/mol. The molecule has 0 heterocycles. The van der Waals surface area contributed by atoms with Crippen molar-refractivity contribution in [1.29, 1.82) is 0 Å². The molecule has 0 radical (unpaired) electrons. The van der Waals surface area contributed by atoms with Gasteiger partial charge in [-0.25, -0.2) is 0 Å². The highest BCUT2D eigenvalue weighted by molar-refractivity contribution is 7.76. The third-order valence-electron chi connectivity index (χ3n) is 0.904. The summed E-state index contributed by atoms with van der Waals surface area (Å²) in [6.45, 7) is 0. The maximum atomic E-state index is 8.78. The van der Waals surface area contributed by atoms with Crippen LogP contribution in [0, 0.1) is 0 Å². The molecule has 0 aromatic heterocycles. The van der Waals surface area contributed by atoms with E-state index in [1.165, 1.54) is 0 Å². The summed E-state index contributed by atoms with van der Waals surface area (Å²) >= 11 is 14.4. The first-order chi connectivity index (χ1) is 5.95. The minimum absolute atomic E-state index is 0.417. The first-order valence-electron chi connectivity index (χ1n) is 2.88.